The minimum absolute atomic E-state index is 0.611. The first-order valence-electron chi connectivity index (χ1n) is 4.60. The molecule has 0 atom stereocenters. The van der Waals surface area contributed by atoms with E-state index in [1.54, 1.807) is 11.3 Å². The van der Waals surface area contributed by atoms with Crippen molar-refractivity contribution in [2.75, 3.05) is 0 Å². The maximum atomic E-state index is 11.0. The van der Waals surface area contributed by atoms with Crippen LogP contribution in [-0.2, 0) is 19.3 Å². The second kappa shape index (κ2) is 3.14. The molecule has 0 radical (unpaired) electrons. The van der Waals surface area contributed by atoms with E-state index in [0.29, 0.717) is 5.56 Å². The van der Waals surface area contributed by atoms with Gasteiger partial charge in [-0.1, -0.05) is 6.92 Å². The molecular weight excluding hydrogens is 184 g/mol. The molecule has 0 spiro atoms. The Morgan fingerprint density at radius 2 is 2.31 bits per heavy atom. The Balaban J connectivity index is 2.55. The second-order valence-electron chi connectivity index (χ2n) is 3.31. The summed E-state index contributed by atoms with van der Waals surface area (Å²) >= 11 is 1.70. The van der Waals surface area contributed by atoms with Crippen molar-refractivity contribution in [2.24, 2.45) is 0 Å². The summed E-state index contributed by atoms with van der Waals surface area (Å²) in [6.45, 7) is 2.02. The van der Waals surface area contributed by atoms with E-state index in [4.69, 9.17) is 5.11 Å². The molecule has 2 nitrogen and oxygen atoms in total. The molecule has 1 heterocycles. The van der Waals surface area contributed by atoms with Crippen LogP contribution in [0.5, 0.6) is 0 Å². The first kappa shape index (κ1) is 8.75. The van der Waals surface area contributed by atoms with Crippen molar-refractivity contribution in [3.8, 4) is 0 Å². The van der Waals surface area contributed by atoms with Gasteiger partial charge in [0, 0.05) is 9.75 Å². The average Bonchev–Trinajstić information content (AvgIpc) is 2.59. The third-order valence-corrected chi connectivity index (χ3v) is 3.97. The molecule has 1 aliphatic rings. The van der Waals surface area contributed by atoms with E-state index in [0.717, 1.165) is 36.1 Å². The van der Waals surface area contributed by atoms with Crippen molar-refractivity contribution in [1.82, 2.24) is 0 Å². The molecule has 0 fully saturated rings. The fourth-order valence-electron chi connectivity index (χ4n) is 1.96. The van der Waals surface area contributed by atoms with Gasteiger partial charge in [-0.3, -0.25) is 0 Å². The molecule has 3 heteroatoms. The summed E-state index contributed by atoms with van der Waals surface area (Å²) in [5.41, 5.74) is 1.73. The number of hydrogen-bond donors (Lipinski definition) is 1. The fourth-order valence-corrected chi connectivity index (χ4v) is 3.29. The zero-order valence-corrected chi connectivity index (χ0v) is 8.41. The predicted molar refractivity (Wildman–Crippen MR) is 52.7 cm³/mol. The van der Waals surface area contributed by atoms with E-state index < -0.39 is 5.97 Å². The van der Waals surface area contributed by atoms with Crippen LogP contribution < -0.4 is 0 Å². The summed E-state index contributed by atoms with van der Waals surface area (Å²) < 4.78 is 0. The van der Waals surface area contributed by atoms with Crippen molar-refractivity contribution in [1.29, 1.82) is 0 Å². The first-order valence-corrected chi connectivity index (χ1v) is 5.42. The van der Waals surface area contributed by atoms with Gasteiger partial charge >= 0.3 is 5.97 Å². The predicted octanol–water partition coefficient (Wildman–Crippen LogP) is 2.50. The van der Waals surface area contributed by atoms with Crippen molar-refractivity contribution in [3.63, 3.8) is 0 Å². The third kappa shape index (κ3) is 1.27. The Hall–Kier alpha value is -0.830. The maximum absolute atomic E-state index is 11.0. The fraction of sp³-hybridized carbons (Fsp3) is 0.500. The molecule has 0 unspecified atom stereocenters. The van der Waals surface area contributed by atoms with E-state index in [2.05, 4.69) is 0 Å². The number of fused-ring (bicyclic) bond motifs is 1. The van der Waals surface area contributed by atoms with Crippen LogP contribution in [-0.4, -0.2) is 11.1 Å². The number of carboxylic acids is 1. The summed E-state index contributed by atoms with van der Waals surface area (Å²) in [6.07, 6.45) is 4.03. The van der Waals surface area contributed by atoms with Crippen LogP contribution in [0.25, 0.3) is 0 Å². The van der Waals surface area contributed by atoms with Crippen LogP contribution in [0.3, 0.4) is 0 Å². The molecule has 70 valence electrons. The minimum Gasteiger partial charge on any atom is -0.478 e. The zero-order valence-electron chi connectivity index (χ0n) is 7.59. The van der Waals surface area contributed by atoms with Gasteiger partial charge in [0.1, 0.15) is 0 Å². The smallest absolute Gasteiger partial charge is 0.337 e. The lowest BCUT2D eigenvalue weighted by molar-refractivity contribution is 0.0695. The first-order chi connectivity index (χ1) is 6.24. The summed E-state index contributed by atoms with van der Waals surface area (Å²) in [6, 6.07) is 0. The number of aryl methyl sites for hydroxylation is 2. The summed E-state index contributed by atoms with van der Waals surface area (Å²) in [7, 11) is 0. The highest BCUT2D eigenvalue weighted by Gasteiger charge is 2.24. The lowest BCUT2D eigenvalue weighted by Crippen LogP contribution is -2.01. The van der Waals surface area contributed by atoms with Crippen molar-refractivity contribution in [3.05, 3.63) is 20.9 Å². The number of carbonyl (C=O) groups is 1. The number of thiophene rings is 1. The van der Waals surface area contributed by atoms with E-state index in [-0.39, 0.29) is 0 Å². The maximum Gasteiger partial charge on any atom is 0.337 e. The van der Waals surface area contributed by atoms with Crippen LogP contribution in [0.15, 0.2) is 0 Å². The van der Waals surface area contributed by atoms with Gasteiger partial charge < -0.3 is 5.11 Å². The monoisotopic (exact) mass is 196 g/mol. The van der Waals surface area contributed by atoms with Crippen molar-refractivity contribution in [2.45, 2.75) is 32.6 Å². The van der Waals surface area contributed by atoms with Crippen LogP contribution in [0.1, 0.15) is 39.0 Å². The molecule has 1 N–H and O–H groups in total. The molecule has 0 bridgehead atoms. The standard InChI is InChI=1S/C10H12O2S/c1-2-7-9(10(11)12)6-4-3-5-8(6)13-7/h2-5H2,1H3,(H,11,12). The van der Waals surface area contributed by atoms with Gasteiger partial charge in [0.05, 0.1) is 5.56 Å². The van der Waals surface area contributed by atoms with Crippen LogP contribution in [0.4, 0.5) is 0 Å². The van der Waals surface area contributed by atoms with Crippen molar-refractivity contribution >= 4 is 17.3 Å². The second-order valence-corrected chi connectivity index (χ2v) is 4.50. The largest absolute Gasteiger partial charge is 0.478 e. The lowest BCUT2D eigenvalue weighted by atomic mass is 10.1. The Bertz CT molecular complexity index is 352. The van der Waals surface area contributed by atoms with Gasteiger partial charge in [-0.05, 0) is 31.2 Å². The van der Waals surface area contributed by atoms with E-state index in [1.165, 1.54) is 4.88 Å². The Kier molecular flexibility index (Phi) is 2.12. The SMILES string of the molecule is CCc1sc2c(c1C(=O)O)CCC2. The molecule has 2 rings (SSSR count). The molecule has 0 aliphatic heterocycles. The zero-order chi connectivity index (χ0) is 9.42. The summed E-state index contributed by atoms with van der Waals surface area (Å²) in [4.78, 5) is 13.4. The lowest BCUT2D eigenvalue weighted by Gasteiger charge is -1.97. The van der Waals surface area contributed by atoms with Crippen LogP contribution >= 0.6 is 11.3 Å². The number of hydrogen-bond acceptors (Lipinski definition) is 2. The quantitative estimate of drug-likeness (QED) is 0.789. The molecule has 1 aromatic rings. The highest BCUT2D eigenvalue weighted by molar-refractivity contribution is 7.12. The van der Waals surface area contributed by atoms with Crippen molar-refractivity contribution < 1.29 is 9.90 Å². The molecule has 0 saturated carbocycles. The van der Waals surface area contributed by atoms with Gasteiger partial charge in [0.2, 0.25) is 0 Å². The highest BCUT2D eigenvalue weighted by Crippen LogP contribution is 2.35. The van der Waals surface area contributed by atoms with Crippen LogP contribution in [0, 0.1) is 0 Å². The Morgan fingerprint density at radius 3 is 2.92 bits per heavy atom. The van der Waals surface area contributed by atoms with E-state index in [9.17, 15) is 4.79 Å². The van der Waals surface area contributed by atoms with Gasteiger partial charge in [-0.25, -0.2) is 4.79 Å². The number of carboxylic acid groups (broad SMARTS) is 1. The molecule has 1 aliphatic carbocycles. The Morgan fingerprint density at radius 1 is 1.54 bits per heavy atom. The summed E-state index contributed by atoms with van der Waals surface area (Å²) in [5.74, 6) is -0.740. The molecule has 0 amide bonds. The van der Waals surface area contributed by atoms with Gasteiger partial charge in [-0.2, -0.15) is 0 Å². The molecule has 0 aromatic carbocycles. The summed E-state index contributed by atoms with van der Waals surface area (Å²) in [5, 5.41) is 9.06. The Labute approximate surface area is 81.2 Å². The number of rotatable bonds is 2. The minimum atomic E-state index is -0.740. The van der Waals surface area contributed by atoms with Gasteiger partial charge in [-0.15, -0.1) is 11.3 Å². The van der Waals surface area contributed by atoms with Gasteiger partial charge in [0.25, 0.3) is 0 Å². The third-order valence-electron chi connectivity index (χ3n) is 2.53. The highest BCUT2D eigenvalue weighted by atomic mass is 32.1. The normalized spacial score (nSPS) is 14.5. The topological polar surface area (TPSA) is 37.3 Å². The molecule has 1 aromatic heterocycles. The van der Waals surface area contributed by atoms with E-state index >= 15 is 0 Å². The molecule has 13 heavy (non-hydrogen) atoms. The van der Waals surface area contributed by atoms with Gasteiger partial charge in [0.15, 0.2) is 0 Å². The van der Waals surface area contributed by atoms with Crippen LogP contribution in [0.2, 0.25) is 0 Å². The molecular formula is C10H12O2S. The average molecular weight is 196 g/mol. The number of aromatic carboxylic acids is 1. The molecule has 0 saturated heterocycles. The van der Waals surface area contributed by atoms with E-state index in [1.807, 2.05) is 6.92 Å².